The van der Waals surface area contributed by atoms with E-state index in [0.717, 1.165) is 11.3 Å². The molecule has 0 unspecified atom stereocenters. The van der Waals surface area contributed by atoms with E-state index in [2.05, 4.69) is 0 Å². The Hall–Kier alpha value is -2.79. The minimum atomic E-state index is -0.526. The largest absolute Gasteiger partial charge is 0.461 e. The molecule has 0 aliphatic carbocycles. The van der Waals surface area contributed by atoms with Crippen molar-refractivity contribution in [2.75, 3.05) is 6.61 Å². The van der Waals surface area contributed by atoms with Crippen molar-refractivity contribution in [1.82, 2.24) is 9.55 Å². The van der Waals surface area contributed by atoms with Gasteiger partial charge in [0.1, 0.15) is 5.82 Å². The first-order valence-corrected chi connectivity index (χ1v) is 10.7. The molecule has 4 aromatic rings. The van der Waals surface area contributed by atoms with Gasteiger partial charge in [-0.3, -0.25) is 4.57 Å². The van der Waals surface area contributed by atoms with Crippen LogP contribution >= 0.6 is 34.8 Å². The molecule has 0 fully saturated rings. The normalized spacial score (nSPS) is 10.8. The van der Waals surface area contributed by atoms with Gasteiger partial charge in [-0.15, -0.1) is 0 Å². The van der Waals surface area contributed by atoms with Gasteiger partial charge >= 0.3 is 5.97 Å². The molecular formula is C24H17Cl3N2O2. The second-order valence-electron chi connectivity index (χ2n) is 6.66. The summed E-state index contributed by atoms with van der Waals surface area (Å²) >= 11 is 18.7. The third-order valence-electron chi connectivity index (χ3n) is 4.64. The molecule has 1 heterocycles. The van der Waals surface area contributed by atoms with E-state index in [9.17, 15) is 4.79 Å². The molecule has 0 bridgehead atoms. The van der Waals surface area contributed by atoms with E-state index >= 15 is 0 Å². The maximum atomic E-state index is 12.9. The molecule has 0 radical (unpaired) electrons. The monoisotopic (exact) mass is 470 g/mol. The lowest BCUT2D eigenvalue weighted by atomic mass is 10.1. The van der Waals surface area contributed by atoms with Crippen LogP contribution in [0.1, 0.15) is 17.4 Å². The molecule has 31 heavy (non-hydrogen) atoms. The topological polar surface area (TPSA) is 44.1 Å². The predicted octanol–water partition coefficient (Wildman–Crippen LogP) is 7.34. The van der Waals surface area contributed by atoms with Crippen molar-refractivity contribution in [2.24, 2.45) is 0 Å². The molecular weight excluding hydrogens is 455 g/mol. The highest BCUT2D eigenvalue weighted by molar-refractivity contribution is 6.42. The van der Waals surface area contributed by atoms with Gasteiger partial charge in [0.25, 0.3) is 0 Å². The summed E-state index contributed by atoms with van der Waals surface area (Å²) in [5, 5.41) is 1.34. The summed E-state index contributed by atoms with van der Waals surface area (Å²) in [5.74, 6) is 0.0496. The van der Waals surface area contributed by atoms with Gasteiger partial charge in [0.15, 0.2) is 5.69 Å². The summed E-state index contributed by atoms with van der Waals surface area (Å²) in [7, 11) is 0. The van der Waals surface area contributed by atoms with Crippen LogP contribution in [0.15, 0.2) is 72.8 Å². The highest BCUT2D eigenvalue weighted by Gasteiger charge is 2.26. The molecule has 0 aliphatic rings. The molecule has 0 N–H and O–H groups in total. The van der Waals surface area contributed by atoms with E-state index in [-0.39, 0.29) is 12.3 Å². The minimum Gasteiger partial charge on any atom is -0.461 e. The van der Waals surface area contributed by atoms with Gasteiger partial charge < -0.3 is 4.74 Å². The van der Waals surface area contributed by atoms with Crippen LogP contribution in [-0.4, -0.2) is 22.1 Å². The van der Waals surface area contributed by atoms with Gasteiger partial charge in [-0.1, -0.05) is 77.3 Å². The van der Waals surface area contributed by atoms with Gasteiger partial charge in [0, 0.05) is 21.8 Å². The van der Waals surface area contributed by atoms with Crippen LogP contribution in [-0.2, 0) is 4.74 Å². The standard InChI is InChI=1S/C24H17Cl3N2O2/c1-2-31-24(30)21-22(16-11-12-19(26)20(27)13-16)29(18-10-6-9-17(25)14-18)23(28-21)15-7-4-3-5-8-15/h3-14H,2H2,1H3. The zero-order valence-corrected chi connectivity index (χ0v) is 18.7. The van der Waals surface area contributed by atoms with E-state index < -0.39 is 5.97 Å². The van der Waals surface area contributed by atoms with E-state index in [1.165, 1.54) is 0 Å². The Morgan fingerprint density at radius 3 is 2.35 bits per heavy atom. The zero-order chi connectivity index (χ0) is 22.0. The maximum absolute atomic E-state index is 12.9. The Kier molecular flexibility index (Phi) is 6.33. The summed E-state index contributed by atoms with van der Waals surface area (Å²) in [4.78, 5) is 17.6. The summed E-state index contributed by atoms with van der Waals surface area (Å²) < 4.78 is 7.19. The van der Waals surface area contributed by atoms with Crippen molar-refractivity contribution in [1.29, 1.82) is 0 Å². The molecule has 7 heteroatoms. The molecule has 0 saturated heterocycles. The Morgan fingerprint density at radius 2 is 1.68 bits per heavy atom. The first-order chi connectivity index (χ1) is 15.0. The lowest BCUT2D eigenvalue weighted by Gasteiger charge is -2.14. The fourth-order valence-corrected chi connectivity index (χ4v) is 3.80. The van der Waals surface area contributed by atoms with Crippen LogP contribution in [0, 0.1) is 0 Å². The molecule has 0 aliphatic heterocycles. The number of carbonyl (C=O) groups excluding carboxylic acids is 1. The molecule has 156 valence electrons. The smallest absolute Gasteiger partial charge is 0.359 e. The summed E-state index contributed by atoms with van der Waals surface area (Å²) in [6, 6.07) is 22.1. The third-order valence-corrected chi connectivity index (χ3v) is 5.61. The molecule has 4 rings (SSSR count). The molecule has 1 aromatic heterocycles. The number of benzene rings is 3. The Bertz CT molecular complexity index is 1250. The molecule has 0 amide bonds. The van der Waals surface area contributed by atoms with Crippen LogP contribution in [0.4, 0.5) is 0 Å². The van der Waals surface area contributed by atoms with Gasteiger partial charge in [0.05, 0.1) is 22.3 Å². The van der Waals surface area contributed by atoms with Crippen LogP contribution in [0.2, 0.25) is 15.1 Å². The Balaban J connectivity index is 2.09. The van der Waals surface area contributed by atoms with Gasteiger partial charge in [-0.05, 0) is 37.3 Å². The average molecular weight is 472 g/mol. The first-order valence-electron chi connectivity index (χ1n) is 9.56. The van der Waals surface area contributed by atoms with Crippen molar-refractivity contribution in [3.63, 3.8) is 0 Å². The highest BCUT2D eigenvalue weighted by atomic mass is 35.5. The van der Waals surface area contributed by atoms with Crippen LogP contribution in [0.5, 0.6) is 0 Å². The van der Waals surface area contributed by atoms with Crippen molar-refractivity contribution >= 4 is 40.8 Å². The number of rotatable bonds is 5. The minimum absolute atomic E-state index is 0.180. The van der Waals surface area contributed by atoms with Gasteiger partial charge in [-0.25, -0.2) is 9.78 Å². The Morgan fingerprint density at radius 1 is 0.903 bits per heavy atom. The number of hydrogen-bond acceptors (Lipinski definition) is 3. The lowest BCUT2D eigenvalue weighted by Crippen LogP contribution is -2.08. The Labute approximate surface area is 195 Å². The molecule has 3 aromatic carbocycles. The number of imidazole rings is 1. The van der Waals surface area contributed by atoms with Crippen LogP contribution < -0.4 is 0 Å². The van der Waals surface area contributed by atoms with E-state index in [4.69, 9.17) is 44.5 Å². The van der Waals surface area contributed by atoms with E-state index in [1.54, 1.807) is 31.2 Å². The first kappa shape index (κ1) is 21.4. The van der Waals surface area contributed by atoms with E-state index in [1.807, 2.05) is 53.1 Å². The lowest BCUT2D eigenvalue weighted by molar-refractivity contribution is 0.0521. The van der Waals surface area contributed by atoms with Crippen molar-refractivity contribution in [3.8, 4) is 28.3 Å². The second kappa shape index (κ2) is 9.15. The molecule has 4 nitrogen and oxygen atoms in total. The maximum Gasteiger partial charge on any atom is 0.359 e. The second-order valence-corrected chi connectivity index (χ2v) is 7.91. The van der Waals surface area contributed by atoms with Crippen LogP contribution in [0.25, 0.3) is 28.3 Å². The summed E-state index contributed by atoms with van der Waals surface area (Å²) in [6.45, 7) is 1.98. The molecule has 0 spiro atoms. The number of esters is 1. The van der Waals surface area contributed by atoms with Crippen molar-refractivity contribution < 1.29 is 9.53 Å². The van der Waals surface area contributed by atoms with Crippen LogP contribution in [0.3, 0.4) is 0 Å². The third kappa shape index (κ3) is 4.33. The molecule has 0 saturated carbocycles. The summed E-state index contributed by atoms with van der Waals surface area (Å²) in [5.41, 5.74) is 2.97. The number of nitrogens with zero attached hydrogens (tertiary/aromatic N) is 2. The predicted molar refractivity (Wildman–Crippen MR) is 125 cm³/mol. The zero-order valence-electron chi connectivity index (χ0n) is 16.5. The fourth-order valence-electron chi connectivity index (χ4n) is 3.32. The fraction of sp³-hybridized carbons (Fsp3) is 0.0833. The van der Waals surface area contributed by atoms with Gasteiger partial charge in [0.2, 0.25) is 0 Å². The van der Waals surface area contributed by atoms with E-state index in [0.29, 0.717) is 32.1 Å². The average Bonchev–Trinajstić information content (AvgIpc) is 3.17. The van der Waals surface area contributed by atoms with Crippen molar-refractivity contribution in [3.05, 3.63) is 93.6 Å². The number of aromatic nitrogens is 2. The SMILES string of the molecule is CCOC(=O)c1nc(-c2ccccc2)n(-c2cccc(Cl)c2)c1-c1ccc(Cl)c(Cl)c1. The van der Waals surface area contributed by atoms with Gasteiger partial charge in [-0.2, -0.15) is 0 Å². The number of hydrogen-bond donors (Lipinski definition) is 0. The number of halogens is 3. The highest BCUT2D eigenvalue weighted by Crippen LogP contribution is 2.36. The number of carbonyl (C=O) groups is 1. The number of ether oxygens (including phenoxy) is 1. The quantitative estimate of drug-likeness (QED) is 0.286. The molecule has 0 atom stereocenters. The van der Waals surface area contributed by atoms with Crippen molar-refractivity contribution in [2.45, 2.75) is 6.92 Å². The summed E-state index contributed by atoms with van der Waals surface area (Å²) in [6.07, 6.45) is 0.